The van der Waals surface area contributed by atoms with Gasteiger partial charge >= 0.3 is 5.69 Å². The van der Waals surface area contributed by atoms with E-state index < -0.39 is 5.69 Å². The van der Waals surface area contributed by atoms with Gasteiger partial charge in [-0.1, -0.05) is 11.6 Å². The lowest BCUT2D eigenvalue weighted by atomic mass is 9.79. The summed E-state index contributed by atoms with van der Waals surface area (Å²) in [4.78, 5) is 24.9. The van der Waals surface area contributed by atoms with E-state index in [1.807, 2.05) is 12.1 Å². The number of aromatic nitrogens is 2. The largest absolute Gasteiger partial charge is 0.493 e. The highest BCUT2D eigenvalue weighted by Crippen LogP contribution is 2.46. The molecule has 0 amide bonds. The lowest BCUT2D eigenvalue weighted by molar-refractivity contribution is 0.116. The fourth-order valence-corrected chi connectivity index (χ4v) is 3.64. The van der Waals surface area contributed by atoms with Gasteiger partial charge in [-0.15, -0.1) is 0 Å². The standard InChI is InChI=1S/C16H15ClN2O4/c1-18-14(20)13-12-8(7-23-15(13)19(2)16(18)21)6-22-11-4-3-9(17)5-10(11)12/h3-5,8,12H,6-7H2,1-2H3/t8-,12+/m0/s1. The van der Waals surface area contributed by atoms with E-state index in [4.69, 9.17) is 21.1 Å². The van der Waals surface area contributed by atoms with Gasteiger partial charge in [-0.3, -0.25) is 13.9 Å². The van der Waals surface area contributed by atoms with Crippen molar-refractivity contribution in [2.75, 3.05) is 13.2 Å². The van der Waals surface area contributed by atoms with Crippen LogP contribution in [0.25, 0.3) is 0 Å². The van der Waals surface area contributed by atoms with Crippen LogP contribution in [-0.2, 0) is 14.1 Å². The molecule has 2 atom stereocenters. The average molecular weight is 335 g/mol. The number of ether oxygens (including phenoxy) is 2. The molecule has 2 aromatic rings. The van der Waals surface area contributed by atoms with E-state index >= 15 is 0 Å². The minimum Gasteiger partial charge on any atom is -0.493 e. The normalized spacial score (nSPS) is 21.5. The maximum Gasteiger partial charge on any atom is 0.333 e. The molecule has 3 heterocycles. The summed E-state index contributed by atoms with van der Waals surface area (Å²) in [7, 11) is 3.09. The molecule has 0 N–H and O–H groups in total. The molecule has 7 heteroatoms. The molecular formula is C16H15ClN2O4. The van der Waals surface area contributed by atoms with Gasteiger partial charge in [0.25, 0.3) is 5.56 Å². The van der Waals surface area contributed by atoms with Crippen LogP contribution in [0.5, 0.6) is 11.6 Å². The molecule has 0 saturated heterocycles. The molecule has 0 fully saturated rings. The molecule has 0 unspecified atom stereocenters. The summed E-state index contributed by atoms with van der Waals surface area (Å²) in [6.45, 7) is 0.856. The Morgan fingerprint density at radius 1 is 1.13 bits per heavy atom. The molecule has 2 aliphatic rings. The Kier molecular flexibility index (Phi) is 3.06. The van der Waals surface area contributed by atoms with E-state index in [1.54, 1.807) is 13.1 Å². The lowest BCUT2D eigenvalue weighted by Gasteiger charge is -2.38. The van der Waals surface area contributed by atoms with Crippen LogP contribution in [0.15, 0.2) is 27.8 Å². The van der Waals surface area contributed by atoms with Crippen molar-refractivity contribution in [1.82, 2.24) is 9.13 Å². The van der Waals surface area contributed by atoms with Gasteiger partial charge in [-0.25, -0.2) is 4.79 Å². The molecule has 0 bridgehead atoms. The number of rotatable bonds is 0. The zero-order valence-electron chi connectivity index (χ0n) is 12.7. The van der Waals surface area contributed by atoms with Crippen molar-refractivity contribution >= 4 is 11.6 Å². The zero-order valence-corrected chi connectivity index (χ0v) is 13.5. The minimum absolute atomic E-state index is 0.0127. The number of hydrogen-bond acceptors (Lipinski definition) is 4. The molecule has 120 valence electrons. The summed E-state index contributed by atoms with van der Waals surface area (Å²) in [6, 6.07) is 5.41. The van der Waals surface area contributed by atoms with Gasteiger partial charge in [0.2, 0.25) is 5.88 Å². The first-order valence-electron chi connectivity index (χ1n) is 7.34. The molecule has 6 nitrogen and oxygen atoms in total. The highest BCUT2D eigenvalue weighted by Gasteiger charge is 2.41. The summed E-state index contributed by atoms with van der Waals surface area (Å²) in [5.74, 6) is 0.886. The van der Waals surface area contributed by atoms with Crippen molar-refractivity contribution in [2.45, 2.75) is 5.92 Å². The van der Waals surface area contributed by atoms with Gasteiger partial charge in [-0.2, -0.15) is 0 Å². The number of benzene rings is 1. The highest BCUT2D eigenvalue weighted by molar-refractivity contribution is 6.30. The second-order valence-electron chi connectivity index (χ2n) is 5.97. The molecular weight excluding hydrogens is 320 g/mol. The van der Waals surface area contributed by atoms with Crippen LogP contribution in [0.2, 0.25) is 5.02 Å². The fraction of sp³-hybridized carbons (Fsp3) is 0.375. The summed E-state index contributed by atoms with van der Waals surface area (Å²) in [5.41, 5.74) is 0.642. The third kappa shape index (κ3) is 1.94. The second kappa shape index (κ2) is 4.89. The first kappa shape index (κ1) is 14.4. The van der Waals surface area contributed by atoms with E-state index in [-0.39, 0.29) is 17.4 Å². The molecule has 0 radical (unpaired) electrons. The fourth-order valence-electron chi connectivity index (χ4n) is 3.45. The van der Waals surface area contributed by atoms with Gasteiger partial charge < -0.3 is 9.47 Å². The Hall–Kier alpha value is -2.21. The van der Waals surface area contributed by atoms with E-state index in [2.05, 4.69) is 0 Å². The van der Waals surface area contributed by atoms with Crippen molar-refractivity contribution in [3.63, 3.8) is 0 Å². The van der Waals surface area contributed by atoms with E-state index in [1.165, 1.54) is 11.6 Å². The molecule has 2 aliphatic heterocycles. The minimum atomic E-state index is -0.398. The van der Waals surface area contributed by atoms with E-state index in [9.17, 15) is 9.59 Å². The average Bonchev–Trinajstić information content (AvgIpc) is 2.56. The Morgan fingerprint density at radius 3 is 2.65 bits per heavy atom. The smallest absolute Gasteiger partial charge is 0.333 e. The summed E-state index contributed by atoms with van der Waals surface area (Å²) in [6.07, 6.45) is 0. The van der Waals surface area contributed by atoms with Crippen molar-refractivity contribution in [3.8, 4) is 11.6 Å². The zero-order chi connectivity index (χ0) is 16.3. The quantitative estimate of drug-likeness (QED) is 0.728. The van der Waals surface area contributed by atoms with Gasteiger partial charge in [0.1, 0.15) is 5.75 Å². The van der Waals surface area contributed by atoms with Crippen LogP contribution in [0.4, 0.5) is 0 Å². The van der Waals surface area contributed by atoms with Crippen LogP contribution in [0.1, 0.15) is 17.0 Å². The monoisotopic (exact) mass is 334 g/mol. The Morgan fingerprint density at radius 2 is 1.87 bits per heavy atom. The summed E-state index contributed by atoms with van der Waals surface area (Å²) >= 11 is 6.14. The highest BCUT2D eigenvalue weighted by atomic mass is 35.5. The molecule has 4 rings (SSSR count). The lowest BCUT2D eigenvalue weighted by Crippen LogP contribution is -2.46. The SMILES string of the molecule is Cn1c2c(c(=O)n(C)c1=O)[C@H]1c3cc(Cl)ccc3OC[C@H]1CO2. The van der Waals surface area contributed by atoms with Crippen molar-refractivity contribution in [2.24, 2.45) is 20.0 Å². The first-order chi connectivity index (χ1) is 11.0. The number of halogens is 1. The van der Waals surface area contributed by atoms with Crippen molar-refractivity contribution in [1.29, 1.82) is 0 Å². The van der Waals surface area contributed by atoms with E-state index in [0.29, 0.717) is 29.7 Å². The van der Waals surface area contributed by atoms with Crippen LogP contribution in [0, 0.1) is 5.92 Å². The predicted octanol–water partition coefficient (Wildman–Crippen LogP) is 1.27. The van der Waals surface area contributed by atoms with Gasteiger partial charge in [-0.05, 0) is 18.2 Å². The van der Waals surface area contributed by atoms with Gasteiger partial charge in [0, 0.05) is 36.5 Å². The first-order valence-corrected chi connectivity index (χ1v) is 7.71. The number of hydrogen-bond donors (Lipinski definition) is 0. The third-order valence-electron chi connectivity index (χ3n) is 4.62. The molecule has 1 aromatic carbocycles. The van der Waals surface area contributed by atoms with Crippen LogP contribution < -0.4 is 20.7 Å². The van der Waals surface area contributed by atoms with Gasteiger partial charge in [0.05, 0.1) is 18.8 Å². The second-order valence-corrected chi connectivity index (χ2v) is 6.40. The van der Waals surface area contributed by atoms with E-state index in [0.717, 1.165) is 15.9 Å². The maximum atomic E-state index is 12.7. The van der Waals surface area contributed by atoms with Crippen LogP contribution >= 0.6 is 11.6 Å². The van der Waals surface area contributed by atoms with Gasteiger partial charge in [0.15, 0.2) is 0 Å². The Bertz CT molecular complexity index is 931. The summed E-state index contributed by atoms with van der Waals surface area (Å²) in [5, 5.41) is 0.586. The Balaban J connectivity index is 2.05. The van der Waals surface area contributed by atoms with Crippen LogP contribution in [-0.4, -0.2) is 22.3 Å². The number of nitrogens with zero attached hydrogens (tertiary/aromatic N) is 2. The summed E-state index contributed by atoms with van der Waals surface area (Å²) < 4.78 is 14.0. The molecule has 0 saturated carbocycles. The molecule has 0 aliphatic carbocycles. The third-order valence-corrected chi connectivity index (χ3v) is 4.86. The van der Waals surface area contributed by atoms with Crippen LogP contribution in [0.3, 0.4) is 0 Å². The Labute approximate surface area is 136 Å². The van der Waals surface area contributed by atoms with Crippen molar-refractivity contribution < 1.29 is 9.47 Å². The molecule has 1 aromatic heterocycles. The molecule has 23 heavy (non-hydrogen) atoms. The number of fused-ring (bicyclic) bond motifs is 5. The topological polar surface area (TPSA) is 62.5 Å². The maximum absolute atomic E-state index is 12.7. The van der Waals surface area contributed by atoms with Crippen molar-refractivity contribution in [3.05, 3.63) is 55.2 Å². The predicted molar refractivity (Wildman–Crippen MR) is 84.7 cm³/mol. The molecule has 0 spiro atoms.